The lowest BCUT2D eigenvalue weighted by atomic mass is 10.3. The molecule has 0 atom stereocenters. The molecular weight excluding hydrogens is 264 g/mol. The highest BCUT2D eigenvalue weighted by molar-refractivity contribution is 9.10. The van der Waals surface area contributed by atoms with Crippen LogP contribution >= 0.6 is 15.9 Å². The molecule has 0 unspecified atom stereocenters. The predicted octanol–water partition coefficient (Wildman–Crippen LogP) is 2.01. The Balaban J connectivity index is 2.66. The lowest BCUT2D eigenvalue weighted by molar-refractivity contribution is -0.142. The number of carbonyl (C=O) groups is 1. The third-order valence-electron chi connectivity index (χ3n) is 1.71. The van der Waals surface area contributed by atoms with Gasteiger partial charge in [-0.2, -0.15) is 0 Å². The van der Waals surface area contributed by atoms with Gasteiger partial charge in [0.1, 0.15) is 11.5 Å². The normalized spacial score (nSPS) is 9.53. The standard InChI is InChI=1S/C10H11BrO4/c1-13-7-3-4-9(8(11)5-7)15-6-10(12)14-2/h3-5H,6H2,1-2H3. The van der Waals surface area contributed by atoms with E-state index in [0.29, 0.717) is 11.5 Å². The number of hydrogen-bond acceptors (Lipinski definition) is 4. The Morgan fingerprint density at radius 1 is 1.40 bits per heavy atom. The molecule has 0 bridgehead atoms. The molecule has 0 heterocycles. The van der Waals surface area contributed by atoms with Gasteiger partial charge in [0.2, 0.25) is 0 Å². The van der Waals surface area contributed by atoms with Crippen molar-refractivity contribution in [1.29, 1.82) is 0 Å². The topological polar surface area (TPSA) is 44.8 Å². The van der Waals surface area contributed by atoms with E-state index in [1.54, 1.807) is 25.3 Å². The van der Waals surface area contributed by atoms with Gasteiger partial charge in [0.05, 0.1) is 18.7 Å². The highest BCUT2D eigenvalue weighted by Gasteiger charge is 2.06. The van der Waals surface area contributed by atoms with Crippen molar-refractivity contribution in [2.75, 3.05) is 20.8 Å². The summed E-state index contributed by atoms with van der Waals surface area (Å²) in [5.74, 6) is 0.867. The van der Waals surface area contributed by atoms with Crippen LogP contribution in [-0.4, -0.2) is 26.8 Å². The van der Waals surface area contributed by atoms with Crippen molar-refractivity contribution in [2.45, 2.75) is 0 Å². The van der Waals surface area contributed by atoms with Crippen molar-refractivity contribution < 1.29 is 19.0 Å². The van der Waals surface area contributed by atoms with Crippen molar-refractivity contribution in [3.8, 4) is 11.5 Å². The van der Waals surface area contributed by atoms with E-state index in [2.05, 4.69) is 20.7 Å². The fourth-order valence-electron chi connectivity index (χ4n) is 0.921. The molecule has 15 heavy (non-hydrogen) atoms. The molecule has 82 valence electrons. The summed E-state index contributed by atoms with van der Waals surface area (Å²) in [6, 6.07) is 5.22. The lowest BCUT2D eigenvalue weighted by Crippen LogP contribution is -2.12. The van der Waals surface area contributed by atoms with Crippen LogP contribution < -0.4 is 9.47 Å². The summed E-state index contributed by atoms with van der Waals surface area (Å²) in [7, 11) is 2.89. The molecule has 0 fully saturated rings. The van der Waals surface area contributed by atoms with Gasteiger partial charge in [0.25, 0.3) is 0 Å². The monoisotopic (exact) mass is 274 g/mol. The third kappa shape index (κ3) is 3.43. The molecule has 0 aromatic heterocycles. The second kappa shape index (κ2) is 5.60. The number of ether oxygens (including phenoxy) is 3. The summed E-state index contributed by atoms with van der Waals surface area (Å²) < 4.78 is 15.4. The minimum atomic E-state index is -0.419. The van der Waals surface area contributed by atoms with Crippen LogP contribution in [0.3, 0.4) is 0 Å². The highest BCUT2D eigenvalue weighted by Crippen LogP contribution is 2.28. The van der Waals surface area contributed by atoms with Crippen LogP contribution in [0.1, 0.15) is 0 Å². The van der Waals surface area contributed by atoms with Gasteiger partial charge >= 0.3 is 5.97 Å². The molecule has 0 N–H and O–H groups in total. The zero-order chi connectivity index (χ0) is 11.3. The first kappa shape index (κ1) is 11.8. The van der Waals surface area contributed by atoms with Crippen molar-refractivity contribution >= 4 is 21.9 Å². The van der Waals surface area contributed by atoms with Crippen LogP contribution in [-0.2, 0) is 9.53 Å². The third-order valence-corrected chi connectivity index (χ3v) is 2.33. The van der Waals surface area contributed by atoms with E-state index in [0.717, 1.165) is 4.47 Å². The number of halogens is 1. The Kier molecular flexibility index (Phi) is 4.42. The van der Waals surface area contributed by atoms with Gasteiger partial charge in [-0.05, 0) is 34.1 Å². The Morgan fingerprint density at radius 3 is 2.67 bits per heavy atom. The second-order valence-corrected chi connectivity index (χ2v) is 3.52. The molecule has 1 rings (SSSR count). The van der Waals surface area contributed by atoms with E-state index in [-0.39, 0.29) is 6.61 Å². The van der Waals surface area contributed by atoms with Gasteiger partial charge in [-0.1, -0.05) is 0 Å². The molecule has 0 amide bonds. The largest absolute Gasteiger partial charge is 0.497 e. The second-order valence-electron chi connectivity index (χ2n) is 2.66. The van der Waals surface area contributed by atoms with E-state index < -0.39 is 5.97 Å². The van der Waals surface area contributed by atoms with Crippen molar-refractivity contribution in [3.63, 3.8) is 0 Å². The smallest absolute Gasteiger partial charge is 0.343 e. The lowest BCUT2D eigenvalue weighted by Gasteiger charge is -2.08. The minimum Gasteiger partial charge on any atom is -0.497 e. The van der Waals surface area contributed by atoms with Crippen LogP contribution in [0.15, 0.2) is 22.7 Å². The molecule has 0 aliphatic rings. The zero-order valence-electron chi connectivity index (χ0n) is 8.45. The number of methoxy groups -OCH3 is 2. The fourth-order valence-corrected chi connectivity index (χ4v) is 1.39. The Hall–Kier alpha value is -1.23. The first-order chi connectivity index (χ1) is 7.17. The summed E-state index contributed by atoms with van der Waals surface area (Å²) in [5.41, 5.74) is 0. The quantitative estimate of drug-likeness (QED) is 0.788. The van der Waals surface area contributed by atoms with Crippen molar-refractivity contribution in [3.05, 3.63) is 22.7 Å². The predicted molar refractivity (Wildman–Crippen MR) is 58.2 cm³/mol. The summed E-state index contributed by atoms with van der Waals surface area (Å²) in [5, 5.41) is 0. The van der Waals surface area contributed by atoms with Crippen LogP contribution in [0.25, 0.3) is 0 Å². The number of hydrogen-bond donors (Lipinski definition) is 0. The highest BCUT2D eigenvalue weighted by atomic mass is 79.9. The molecule has 0 saturated carbocycles. The molecule has 5 heteroatoms. The van der Waals surface area contributed by atoms with Crippen LogP contribution in [0.4, 0.5) is 0 Å². The number of rotatable bonds is 4. The molecule has 1 aromatic rings. The van der Waals surface area contributed by atoms with Crippen LogP contribution in [0.5, 0.6) is 11.5 Å². The average Bonchev–Trinajstić information content (AvgIpc) is 2.26. The zero-order valence-corrected chi connectivity index (χ0v) is 10.0. The fraction of sp³-hybridized carbons (Fsp3) is 0.300. The summed E-state index contributed by atoms with van der Waals surface area (Å²) >= 11 is 3.30. The van der Waals surface area contributed by atoms with E-state index in [4.69, 9.17) is 9.47 Å². The maximum atomic E-state index is 10.8. The summed E-state index contributed by atoms with van der Waals surface area (Å²) in [6.45, 7) is -0.110. The Morgan fingerprint density at radius 2 is 2.13 bits per heavy atom. The summed E-state index contributed by atoms with van der Waals surface area (Å²) in [4.78, 5) is 10.8. The van der Waals surface area contributed by atoms with Crippen molar-refractivity contribution in [1.82, 2.24) is 0 Å². The molecule has 0 aliphatic heterocycles. The minimum absolute atomic E-state index is 0.110. The van der Waals surface area contributed by atoms with E-state index in [1.807, 2.05) is 0 Å². The van der Waals surface area contributed by atoms with Crippen LogP contribution in [0, 0.1) is 0 Å². The van der Waals surface area contributed by atoms with Gasteiger partial charge in [-0.15, -0.1) is 0 Å². The first-order valence-corrected chi connectivity index (χ1v) is 5.00. The van der Waals surface area contributed by atoms with Gasteiger partial charge in [-0.25, -0.2) is 4.79 Å². The van der Waals surface area contributed by atoms with Gasteiger partial charge in [-0.3, -0.25) is 0 Å². The first-order valence-electron chi connectivity index (χ1n) is 4.20. The number of benzene rings is 1. The van der Waals surface area contributed by atoms with E-state index in [9.17, 15) is 4.79 Å². The Labute approximate surface area is 96.3 Å². The molecule has 0 aliphatic carbocycles. The van der Waals surface area contributed by atoms with E-state index >= 15 is 0 Å². The van der Waals surface area contributed by atoms with Gasteiger partial charge < -0.3 is 14.2 Å². The summed E-state index contributed by atoms with van der Waals surface area (Å²) in [6.07, 6.45) is 0. The molecule has 4 nitrogen and oxygen atoms in total. The molecule has 0 radical (unpaired) electrons. The molecule has 0 saturated heterocycles. The SMILES string of the molecule is COC(=O)COc1ccc(OC)cc1Br. The van der Waals surface area contributed by atoms with Crippen LogP contribution in [0.2, 0.25) is 0 Å². The molecule has 1 aromatic carbocycles. The molecular formula is C10H11BrO4. The maximum absolute atomic E-state index is 10.8. The maximum Gasteiger partial charge on any atom is 0.343 e. The van der Waals surface area contributed by atoms with Gasteiger partial charge in [0.15, 0.2) is 6.61 Å². The Bertz CT molecular complexity index is 351. The average molecular weight is 275 g/mol. The van der Waals surface area contributed by atoms with Crippen molar-refractivity contribution in [2.24, 2.45) is 0 Å². The molecule has 0 spiro atoms. The number of esters is 1. The van der Waals surface area contributed by atoms with E-state index in [1.165, 1.54) is 7.11 Å². The van der Waals surface area contributed by atoms with Gasteiger partial charge in [0, 0.05) is 0 Å². The number of carbonyl (C=O) groups excluding carboxylic acids is 1.